The molecule has 0 saturated carbocycles. The summed E-state index contributed by atoms with van der Waals surface area (Å²) in [6, 6.07) is 7.31. The SMILES string of the molecule is N=C(N)N=Nc1c2cc([N+](=O)[O-])ccc2n2c(=O)c3cccnc3[nH]c12. The minimum absolute atomic E-state index is 0.156. The van der Waals surface area contributed by atoms with Crippen LogP contribution >= 0.6 is 0 Å². The van der Waals surface area contributed by atoms with E-state index in [-0.39, 0.29) is 22.6 Å². The summed E-state index contributed by atoms with van der Waals surface area (Å²) < 4.78 is 1.34. The second-order valence-electron chi connectivity index (χ2n) is 5.41. The number of nitro groups is 1. The van der Waals surface area contributed by atoms with E-state index < -0.39 is 10.9 Å². The van der Waals surface area contributed by atoms with Gasteiger partial charge in [-0.25, -0.2) is 4.98 Å². The fourth-order valence-corrected chi connectivity index (χ4v) is 2.82. The molecule has 3 heterocycles. The molecule has 0 radical (unpaired) electrons. The highest BCUT2D eigenvalue weighted by Crippen LogP contribution is 2.35. The number of azo groups is 1. The number of guanidine groups is 1. The van der Waals surface area contributed by atoms with E-state index in [0.29, 0.717) is 21.9 Å². The first-order valence-corrected chi connectivity index (χ1v) is 7.32. The molecule has 4 aromatic rings. The number of hydrogen-bond donors (Lipinski definition) is 3. The Morgan fingerprint density at radius 3 is 2.88 bits per heavy atom. The van der Waals surface area contributed by atoms with E-state index in [4.69, 9.17) is 11.1 Å². The molecule has 0 bridgehead atoms. The minimum atomic E-state index is -0.548. The van der Waals surface area contributed by atoms with Gasteiger partial charge in [-0.1, -0.05) is 0 Å². The van der Waals surface area contributed by atoms with Crippen molar-refractivity contribution in [3.8, 4) is 0 Å². The molecule has 0 aliphatic heterocycles. The summed E-state index contributed by atoms with van der Waals surface area (Å²) in [4.78, 5) is 30.6. The van der Waals surface area contributed by atoms with Gasteiger partial charge in [-0.05, 0) is 18.2 Å². The zero-order valence-corrected chi connectivity index (χ0v) is 13.0. The van der Waals surface area contributed by atoms with Gasteiger partial charge in [0.05, 0.1) is 15.8 Å². The van der Waals surface area contributed by atoms with Crippen molar-refractivity contribution in [1.82, 2.24) is 14.4 Å². The van der Waals surface area contributed by atoms with Gasteiger partial charge in [0.25, 0.3) is 11.2 Å². The molecule has 3 aromatic heterocycles. The number of nitrogens with two attached hydrogens (primary N) is 1. The van der Waals surface area contributed by atoms with Crippen molar-refractivity contribution < 1.29 is 4.92 Å². The quantitative estimate of drug-likeness (QED) is 0.165. The molecule has 0 aliphatic rings. The Balaban J connectivity index is 2.24. The van der Waals surface area contributed by atoms with Gasteiger partial charge >= 0.3 is 0 Å². The average Bonchev–Trinajstić information content (AvgIpc) is 2.93. The number of H-pyrrole nitrogens is 1. The normalized spacial score (nSPS) is 11.7. The van der Waals surface area contributed by atoms with E-state index >= 15 is 0 Å². The first-order chi connectivity index (χ1) is 12.5. The monoisotopic (exact) mass is 350 g/mol. The van der Waals surface area contributed by atoms with Crippen LogP contribution in [0.5, 0.6) is 0 Å². The number of nitrogens with one attached hydrogen (secondary N) is 2. The van der Waals surface area contributed by atoms with Crippen LogP contribution < -0.4 is 11.3 Å². The lowest BCUT2D eigenvalue weighted by molar-refractivity contribution is -0.384. The molecule has 4 rings (SSSR count). The number of non-ortho nitro benzene ring substituents is 1. The molecule has 0 aliphatic carbocycles. The predicted octanol–water partition coefficient (Wildman–Crippen LogP) is 2.21. The van der Waals surface area contributed by atoms with E-state index in [1.54, 1.807) is 12.1 Å². The largest absolute Gasteiger partial charge is 0.367 e. The number of aromatic amines is 1. The second kappa shape index (κ2) is 5.44. The highest BCUT2D eigenvalue weighted by Gasteiger charge is 2.19. The number of aromatic nitrogens is 3. The molecule has 0 saturated heterocycles. The summed E-state index contributed by atoms with van der Waals surface area (Å²) in [5.41, 5.74) is 5.85. The Morgan fingerprint density at radius 1 is 1.35 bits per heavy atom. The standard InChI is InChI=1S/C15H10N8O3/c16-15(17)21-20-11-9-6-7(23(25)26)3-4-10(9)22-13(11)19-12-8(14(22)24)2-1-5-18-12/h1-6H,(H3,16,17)(H,18,19). The number of hydrogen-bond acceptors (Lipinski definition) is 6. The van der Waals surface area contributed by atoms with Crippen LogP contribution in [0, 0.1) is 15.5 Å². The zero-order chi connectivity index (χ0) is 18.4. The molecule has 0 unspecified atom stereocenters. The molecule has 26 heavy (non-hydrogen) atoms. The van der Waals surface area contributed by atoms with Crippen molar-refractivity contribution in [3.05, 3.63) is 57.0 Å². The van der Waals surface area contributed by atoms with Crippen LogP contribution in [-0.2, 0) is 0 Å². The highest BCUT2D eigenvalue weighted by molar-refractivity contribution is 6.02. The fraction of sp³-hybridized carbons (Fsp3) is 0. The third-order valence-corrected chi connectivity index (χ3v) is 3.87. The summed E-state index contributed by atoms with van der Waals surface area (Å²) in [5, 5.41) is 26.4. The molecule has 0 fully saturated rings. The summed E-state index contributed by atoms with van der Waals surface area (Å²) in [5.74, 6) is -0.538. The molecule has 11 nitrogen and oxygen atoms in total. The zero-order valence-electron chi connectivity index (χ0n) is 13.0. The van der Waals surface area contributed by atoms with Gasteiger partial charge in [0.2, 0.25) is 5.96 Å². The lowest BCUT2D eigenvalue weighted by Gasteiger charge is -2.00. The summed E-state index contributed by atoms with van der Waals surface area (Å²) in [6.45, 7) is 0. The van der Waals surface area contributed by atoms with Crippen molar-refractivity contribution in [2.24, 2.45) is 16.0 Å². The molecule has 4 N–H and O–H groups in total. The molecule has 0 spiro atoms. The van der Waals surface area contributed by atoms with Crippen LogP contribution in [0.2, 0.25) is 0 Å². The Kier molecular flexibility index (Phi) is 3.22. The maximum absolute atomic E-state index is 12.9. The van der Waals surface area contributed by atoms with E-state index in [2.05, 4.69) is 20.2 Å². The average molecular weight is 350 g/mol. The fourth-order valence-electron chi connectivity index (χ4n) is 2.82. The van der Waals surface area contributed by atoms with Gasteiger partial charge in [0.1, 0.15) is 17.0 Å². The summed E-state index contributed by atoms with van der Waals surface area (Å²) in [6.07, 6.45) is 1.53. The molecule has 0 atom stereocenters. The summed E-state index contributed by atoms with van der Waals surface area (Å²) >= 11 is 0. The molecular weight excluding hydrogens is 340 g/mol. The van der Waals surface area contributed by atoms with Crippen molar-refractivity contribution in [2.45, 2.75) is 0 Å². The topological polar surface area (TPSA) is 168 Å². The van der Waals surface area contributed by atoms with E-state index in [1.165, 1.54) is 28.8 Å². The molecule has 0 amide bonds. The Hall–Kier alpha value is -4.15. The summed E-state index contributed by atoms with van der Waals surface area (Å²) in [7, 11) is 0. The van der Waals surface area contributed by atoms with Crippen LogP contribution in [0.15, 0.2) is 51.6 Å². The molecule has 128 valence electrons. The van der Waals surface area contributed by atoms with E-state index in [0.717, 1.165) is 0 Å². The molecule has 11 heteroatoms. The Morgan fingerprint density at radius 2 is 2.15 bits per heavy atom. The van der Waals surface area contributed by atoms with Crippen LogP contribution in [0.1, 0.15) is 0 Å². The number of rotatable bonds is 2. The van der Waals surface area contributed by atoms with Gasteiger partial charge in [0.15, 0.2) is 0 Å². The van der Waals surface area contributed by atoms with Crippen molar-refractivity contribution in [2.75, 3.05) is 0 Å². The lowest BCUT2D eigenvalue weighted by atomic mass is 10.2. The molecular formula is C15H10N8O3. The first-order valence-electron chi connectivity index (χ1n) is 7.32. The first kappa shape index (κ1) is 15.4. The number of pyridine rings is 1. The van der Waals surface area contributed by atoms with Gasteiger partial charge in [-0.15, -0.1) is 10.2 Å². The minimum Gasteiger partial charge on any atom is -0.367 e. The number of nitrogens with zero attached hydrogens (tertiary/aromatic N) is 5. The lowest BCUT2D eigenvalue weighted by Crippen LogP contribution is -2.14. The number of benzene rings is 1. The third-order valence-electron chi connectivity index (χ3n) is 3.87. The Labute approximate surface area is 143 Å². The van der Waals surface area contributed by atoms with Gasteiger partial charge in [-0.2, -0.15) is 0 Å². The predicted molar refractivity (Wildman–Crippen MR) is 93.9 cm³/mol. The van der Waals surface area contributed by atoms with E-state index in [9.17, 15) is 14.9 Å². The number of nitro benzene ring substituents is 1. The maximum atomic E-state index is 12.9. The Bertz CT molecular complexity index is 1320. The van der Waals surface area contributed by atoms with E-state index in [1.807, 2.05) is 0 Å². The second-order valence-corrected chi connectivity index (χ2v) is 5.41. The smallest absolute Gasteiger partial charge is 0.270 e. The number of fused-ring (bicyclic) bond motifs is 4. The van der Waals surface area contributed by atoms with Crippen molar-refractivity contribution in [3.63, 3.8) is 0 Å². The van der Waals surface area contributed by atoms with Crippen LogP contribution in [0.3, 0.4) is 0 Å². The van der Waals surface area contributed by atoms with Gasteiger partial charge < -0.3 is 10.7 Å². The van der Waals surface area contributed by atoms with Gasteiger partial charge in [-0.3, -0.25) is 24.7 Å². The van der Waals surface area contributed by atoms with Crippen molar-refractivity contribution >= 4 is 44.9 Å². The van der Waals surface area contributed by atoms with Gasteiger partial charge in [0, 0.05) is 23.7 Å². The van der Waals surface area contributed by atoms with Crippen molar-refractivity contribution in [1.29, 1.82) is 5.41 Å². The van der Waals surface area contributed by atoms with Crippen LogP contribution in [0.4, 0.5) is 11.4 Å². The van der Waals surface area contributed by atoms with Crippen LogP contribution in [0.25, 0.3) is 27.6 Å². The molecule has 1 aromatic carbocycles. The van der Waals surface area contributed by atoms with Crippen LogP contribution in [-0.4, -0.2) is 25.3 Å². The third kappa shape index (κ3) is 2.18. The maximum Gasteiger partial charge on any atom is 0.270 e. The highest BCUT2D eigenvalue weighted by atomic mass is 16.6.